The molecule has 0 bridgehead atoms. The lowest BCUT2D eigenvalue weighted by atomic mass is 9.97. The summed E-state index contributed by atoms with van der Waals surface area (Å²) in [5.41, 5.74) is 5.16. The molecule has 0 unspecified atom stereocenters. The molecule has 0 saturated heterocycles. The largest absolute Gasteiger partial charge is 0.483 e. The Labute approximate surface area is 220 Å². The number of amides is 2. The molecule has 192 valence electrons. The van der Waals surface area contributed by atoms with E-state index in [-0.39, 0.29) is 25.0 Å². The minimum atomic E-state index is -0.399. The highest BCUT2D eigenvalue weighted by Crippen LogP contribution is 2.39. The molecule has 2 heterocycles. The highest BCUT2D eigenvalue weighted by molar-refractivity contribution is 7.17. The van der Waals surface area contributed by atoms with E-state index in [0.717, 1.165) is 46.4 Å². The maximum absolute atomic E-state index is 13.2. The van der Waals surface area contributed by atoms with Crippen molar-refractivity contribution in [2.24, 2.45) is 0 Å². The second-order valence-corrected chi connectivity index (χ2v) is 10.5. The van der Waals surface area contributed by atoms with Crippen molar-refractivity contribution in [1.29, 1.82) is 0 Å². The number of carbonyl (C=O) groups is 3. The van der Waals surface area contributed by atoms with Crippen molar-refractivity contribution < 1.29 is 23.9 Å². The van der Waals surface area contributed by atoms with E-state index in [4.69, 9.17) is 9.47 Å². The average molecular weight is 519 g/mol. The number of nitrogens with zero attached hydrogens (tertiary/aromatic N) is 1. The van der Waals surface area contributed by atoms with Crippen molar-refractivity contribution in [3.05, 3.63) is 80.7 Å². The molecule has 1 aliphatic heterocycles. The van der Waals surface area contributed by atoms with E-state index in [9.17, 15) is 14.4 Å². The summed E-state index contributed by atoms with van der Waals surface area (Å²) < 4.78 is 11.1. The van der Waals surface area contributed by atoms with Crippen LogP contribution in [0.1, 0.15) is 61.2 Å². The number of thiophene rings is 1. The second kappa shape index (κ2) is 10.8. The number of aryl methyl sites for hydroxylation is 2. The SMILES string of the molecule is CCOC(=O)c1c(NC(=O)COc2cccc3c2CCN(Cc2cccc(C)c2)C3=O)sc2c1CCC2. The first-order valence-electron chi connectivity index (χ1n) is 12.7. The summed E-state index contributed by atoms with van der Waals surface area (Å²) in [4.78, 5) is 41.6. The fourth-order valence-corrected chi connectivity index (χ4v) is 6.37. The predicted octanol–water partition coefficient (Wildman–Crippen LogP) is 4.94. The Morgan fingerprint density at radius 1 is 1.08 bits per heavy atom. The van der Waals surface area contributed by atoms with Crippen LogP contribution in [0, 0.1) is 6.92 Å². The van der Waals surface area contributed by atoms with Gasteiger partial charge in [-0.3, -0.25) is 9.59 Å². The molecule has 37 heavy (non-hydrogen) atoms. The van der Waals surface area contributed by atoms with Crippen LogP contribution in [0.3, 0.4) is 0 Å². The molecule has 2 amide bonds. The molecular formula is C29H30N2O5S. The topological polar surface area (TPSA) is 84.9 Å². The number of anilines is 1. The molecule has 1 aliphatic carbocycles. The molecule has 0 atom stereocenters. The van der Waals surface area contributed by atoms with E-state index in [1.165, 1.54) is 11.3 Å². The van der Waals surface area contributed by atoms with Crippen molar-refractivity contribution >= 4 is 34.1 Å². The molecule has 2 aliphatic rings. The van der Waals surface area contributed by atoms with Crippen LogP contribution in [0.15, 0.2) is 42.5 Å². The summed E-state index contributed by atoms with van der Waals surface area (Å²) in [6.45, 7) is 5.00. The summed E-state index contributed by atoms with van der Waals surface area (Å²) in [6.07, 6.45) is 3.38. The van der Waals surface area contributed by atoms with E-state index in [0.29, 0.717) is 41.4 Å². The third-order valence-corrected chi connectivity index (χ3v) is 7.96. The van der Waals surface area contributed by atoms with E-state index in [2.05, 4.69) is 11.4 Å². The molecule has 1 aromatic heterocycles. The number of benzene rings is 2. The average Bonchev–Trinajstić information content (AvgIpc) is 3.45. The summed E-state index contributed by atoms with van der Waals surface area (Å²) >= 11 is 1.44. The van der Waals surface area contributed by atoms with Crippen LogP contribution in [-0.2, 0) is 35.3 Å². The molecule has 7 nitrogen and oxygen atoms in total. The fourth-order valence-electron chi connectivity index (χ4n) is 5.08. The smallest absolute Gasteiger partial charge is 0.341 e. The third-order valence-electron chi connectivity index (χ3n) is 6.75. The van der Waals surface area contributed by atoms with Gasteiger partial charge >= 0.3 is 5.97 Å². The standard InChI is InChI=1S/C29H30N2O5S/c1-3-35-29(34)26-22-10-6-12-24(22)37-27(26)30-25(32)17-36-23-11-5-9-21-20(23)13-14-31(28(21)33)16-19-8-4-7-18(2)15-19/h4-5,7-9,11,15H,3,6,10,12-14,16-17H2,1-2H3,(H,30,32). The summed E-state index contributed by atoms with van der Waals surface area (Å²) in [5.74, 6) is -0.254. The first-order chi connectivity index (χ1) is 17.9. The monoisotopic (exact) mass is 518 g/mol. The fraction of sp³-hybridized carbons (Fsp3) is 0.345. The Hall–Kier alpha value is -3.65. The Balaban J connectivity index is 1.26. The zero-order valence-corrected chi connectivity index (χ0v) is 21.9. The summed E-state index contributed by atoms with van der Waals surface area (Å²) in [5, 5.41) is 3.38. The summed E-state index contributed by atoms with van der Waals surface area (Å²) in [7, 11) is 0. The Morgan fingerprint density at radius 3 is 2.73 bits per heavy atom. The van der Waals surface area contributed by atoms with Gasteiger partial charge in [-0.2, -0.15) is 0 Å². The van der Waals surface area contributed by atoms with Gasteiger partial charge in [0.05, 0.1) is 12.2 Å². The van der Waals surface area contributed by atoms with Crippen molar-refractivity contribution in [2.75, 3.05) is 25.1 Å². The van der Waals surface area contributed by atoms with Gasteiger partial charge in [0.2, 0.25) is 0 Å². The van der Waals surface area contributed by atoms with Gasteiger partial charge in [0.25, 0.3) is 11.8 Å². The van der Waals surface area contributed by atoms with Gasteiger partial charge in [0, 0.05) is 29.1 Å². The maximum atomic E-state index is 13.2. The van der Waals surface area contributed by atoms with Crippen LogP contribution in [-0.4, -0.2) is 42.4 Å². The second-order valence-electron chi connectivity index (χ2n) is 9.37. The van der Waals surface area contributed by atoms with Crippen LogP contribution in [0.4, 0.5) is 5.00 Å². The zero-order chi connectivity index (χ0) is 25.9. The minimum Gasteiger partial charge on any atom is -0.483 e. The lowest BCUT2D eigenvalue weighted by molar-refractivity contribution is -0.118. The number of hydrogen-bond acceptors (Lipinski definition) is 6. The molecule has 2 aromatic carbocycles. The quantitative estimate of drug-likeness (QED) is 0.427. The number of nitrogens with one attached hydrogen (secondary N) is 1. The first-order valence-corrected chi connectivity index (χ1v) is 13.5. The number of hydrogen-bond donors (Lipinski definition) is 1. The van der Waals surface area contributed by atoms with Crippen LogP contribution < -0.4 is 10.1 Å². The minimum absolute atomic E-state index is 0.0372. The number of ether oxygens (including phenoxy) is 2. The highest BCUT2D eigenvalue weighted by Gasteiger charge is 2.29. The maximum Gasteiger partial charge on any atom is 0.341 e. The molecular weight excluding hydrogens is 488 g/mol. The molecule has 0 spiro atoms. The van der Waals surface area contributed by atoms with Gasteiger partial charge < -0.3 is 19.7 Å². The van der Waals surface area contributed by atoms with Crippen LogP contribution in [0.25, 0.3) is 0 Å². The Kier molecular flexibility index (Phi) is 7.28. The van der Waals surface area contributed by atoms with Crippen molar-refractivity contribution in [2.45, 2.75) is 46.1 Å². The molecule has 0 saturated carbocycles. The first kappa shape index (κ1) is 25.0. The lowest BCUT2D eigenvalue weighted by Crippen LogP contribution is -2.37. The van der Waals surface area contributed by atoms with Gasteiger partial charge in [0.15, 0.2) is 6.61 Å². The number of fused-ring (bicyclic) bond motifs is 2. The highest BCUT2D eigenvalue weighted by atomic mass is 32.1. The molecule has 0 fully saturated rings. The van der Waals surface area contributed by atoms with E-state index in [1.54, 1.807) is 19.1 Å². The van der Waals surface area contributed by atoms with Crippen molar-refractivity contribution in [3.8, 4) is 5.75 Å². The Bertz CT molecular complexity index is 1360. The summed E-state index contributed by atoms with van der Waals surface area (Å²) in [6, 6.07) is 13.6. The third kappa shape index (κ3) is 5.25. The zero-order valence-electron chi connectivity index (χ0n) is 21.1. The number of esters is 1. The van der Waals surface area contributed by atoms with Gasteiger partial charge in [-0.15, -0.1) is 11.3 Å². The van der Waals surface area contributed by atoms with Crippen LogP contribution in [0.2, 0.25) is 0 Å². The van der Waals surface area contributed by atoms with Crippen molar-refractivity contribution in [3.63, 3.8) is 0 Å². The number of carbonyl (C=O) groups excluding carboxylic acids is 3. The van der Waals surface area contributed by atoms with Crippen molar-refractivity contribution in [1.82, 2.24) is 4.90 Å². The van der Waals surface area contributed by atoms with Gasteiger partial charge in [0.1, 0.15) is 10.8 Å². The molecule has 1 N–H and O–H groups in total. The van der Waals surface area contributed by atoms with Crippen LogP contribution in [0.5, 0.6) is 5.75 Å². The van der Waals surface area contributed by atoms with Gasteiger partial charge in [-0.1, -0.05) is 35.9 Å². The van der Waals surface area contributed by atoms with E-state index in [1.807, 2.05) is 36.1 Å². The predicted molar refractivity (Wildman–Crippen MR) is 142 cm³/mol. The van der Waals surface area contributed by atoms with Gasteiger partial charge in [-0.05, 0) is 62.8 Å². The Morgan fingerprint density at radius 2 is 1.92 bits per heavy atom. The normalized spacial score (nSPS) is 14.2. The van der Waals surface area contributed by atoms with Gasteiger partial charge in [-0.25, -0.2) is 4.79 Å². The molecule has 0 radical (unpaired) electrons. The number of rotatable bonds is 8. The van der Waals surface area contributed by atoms with Crippen LogP contribution >= 0.6 is 11.3 Å². The van der Waals surface area contributed by atoms with E-state index < -0.39 is 5.97 Å². The molecule has 5 rings (SSSR count). The molecule has 3 aromatic rings. The van der Waals surface area contributed by atoms with E-state index >= 15 is 0 Å². The lowest BCUT2D eigenvalue weighted by Gasteiger charge is -2.29. The molecule has 8 heteroatoms.